The Hall–Kier alpha value is -1.15. The lowest BCUT2D eigenvalue weighted by Gasteiger charge is -2.32. The van der Waals surface area contributed by atoms with Gasteiger partial charge >= 0.3 is 10.2 Å². The van der Waals surface area contributed by atoms with Gasteiger partial charge in [-0.1, -0.05) is 18.2 Å². The highest BCUT2D eigenvalue weighted by Crippen LogP contribution is 2.34. The molecule has 6 nitrogen and oxygen atoms in total. The lowest BCUT2D eigenvalue weighted by Crippen LogP contribution is -2.45. The Balaban J connectivity index is 2.24. The van der Waals surface area contributed by atoms with E-state index in [2.05, 4.69) is 4.72 Å². The summed E-state index contributed by atoms with van der Waals surface area (Å²) in [4.78, 5) is 0. The molecule has 2 rings (SSSR count). The van der Waals surface area contributed by atoms with Crippen molar-refractivity contribution in [2.45, 2.75) is 12.5 Å². The van der Waals surface area contributed by atoms with Crippen molar-refractivity contribution in [1.82, 2.24) is 4.72 Å². The van der Waals surface area contributed by atoms with Crippen LogP contribution in [0.1, 0.15) is 18.1 Å². The number of benzene rings is 1. The van der Waals surface area contributed by atoms with Crippen LogP contribution in [0.15, 0.2) is 24.3 Å². The van der Waals surface area contributed by atoms with Gasteiger partial charge in [0.15, 0.2) is 0 Å². The van der Waals surface area contributed by atoms with Gasteiger partial charge in [-0.3, -0.25) is 4.31 Å². The molecule has 0 fully saturated rings. The van der Waals surface area contributed by atoms with Gasteiger partial charge in [-0.05, 0) is 12.5 Å². The van der Waals surface area contributed by atoms with E-state index in [1.165, 1.54) is 11.4 Å². The first kappa shape index (κ1) is 14.3. The highest BCUT2D eigenvalue weighted by Gasteiger charge is 2.30. The van der Waals surface area contributed by atoms with E-state index in [4.69, 9.17) is 4.74 Å². The maximum atomic E-state index is 12.2. The number of nitrogens with zero attached hydrogens (tertiary/aromatic N) is 1. The van der Waals surface area contributed by atoms with Crippen LogP contribution in [0.2, 0.25) is 0 Å². The molecule has 1 atom stereocenters. The largest absolute Gasteiger partial charge is 0.388 e. The minimum absolute atomic E-state index is 0.222. The zero-order chi connectivity index (χ0) is 13.9. The van der Waals surface area contributed by atoms with Crippen LogP contribution < -0.4 is 9.03 Å². The normalized spacial score (nSPS) is 19.3. The number of hydrogen-bond donors (Lipinski definition) is 2. The number of fused-ring (bicyclic) bond motifs is 1. The Morgan fingerprint density at radius 3 is 2.95 bits per heavy atom. The summed E-state index contributed by atoms with van der Waals surface area (Å²) < 4.78 is 33.0. The molecule has 0 spiro atoms. The van der Waals surface area contributed by atoms with Crippen LogP contribution in [-0.4, -0.2) is 40.3 Å². The van der Waals surface area contributed by atoms with Crippen LogP contribution >= 0.6 is 0 Å². The average Bonchev–Trinajstić information content (AvgIpc) is 2.39. The van der Waals surface area contributed by atoms with Gasteiger partial charge in [-0.2, -0.15) is 13.1 Å². The molecule has 0 radical (unpaired) electrons. The Morgan fingerprint density at radius 2 is 2.21 bits per heavy atom. The van der Waals surface area contributed by atoms with E-state index < -0.39 is 16.3 Å². The minimum Gasteiger partial charge on any atom is -0.388 e. The van der Waals surface area contributed by atoms with E-state index >= 15 is 0 Å². The molecule has 0 aliphatic carbocycles. The molecular weight excluding hydrogens is 268 g/mol. The zero-order valence-electron chi connectivity index (χ0n) is 10.7. The molecule has 0 amide bonds. The summed E-state index contributed by atoms with van der Waals surface area (Å²) in [7, 11) is -2.09. The molecule has 0 bridgehead atoms. The first-order valence-electron chi connectivity index (χ1n) is 6.09. The minimum atomic E-state index is -3.60. The lowest BCUT2D eigenvalue weighted by atomic mass is 10.0. The number of hydrogen-bond acceptors (Lipinski definition) is 4. The van der Waals surface area contributed by atoms with Gasteiger partial charge in [0.05, 0.1) is 18.4 Å². The molecule has 1 aromatic carbocycles. The van der Waals surface area contributed by atoms with Crippen LogP contribution in [0.4, 0.5) is 5.69 Å². The van der Waals surface area contributed by atoms with Crippen LogP contribution in [0.5, 0.6) is 0 Å². The van der Waals surface area contributed by atoms with Gasteiger partial charge in [0.2, 0.25) is 0 Å². The van der Waals surface area contributed by atoms with Crippen molar-refractivity contribution in [3.05, 3.63) is 29.8 Å². The number of para-hydroxylation sites is 1. The number of anilines is 1. The Bertz CT molecular complexity index is 532. The van der Waals surface area contributed by atoms with E-state index in [0.29, 0.717) is 24.3 Å². The van der Waals surface area contributed by atoms with Crippen molar-refractivity contribution < 1.29 is 18.3 Å². The van der Waals surface area contributed by atoms with Gasteiger partial charge in [-0.25, -0.2) is 0 Å². The zero-order valence-corrected chi connectivity index (χ0v) is 11.6. The standard InChI is InChI=1S/C12H18N2O4S/c1-18-9-7-13-19(16,17)14-8-6-12(15)10-4-2-3-5-11(10)14/h2-5,12-13,15H,6-9H2,1H3. The van der Waals surface area contributed by atoms with Gasteiger partial charge < -0.3 is 9.84 Å². The molecule has 1 aliphatic rings. The van der Waals surface area contributed by atoms with Gasteiger partial charge in [0.25, 0.3) is 0 Å². The quantitative estimate of drug-likeness (QED) is 0.769. The second-order valence-electron chi connectivity index (χ2n) is 4.33. The summed E-state index contributed by atoms with van der Waals surface area (Å²) in [6.07, 6.45) is -0.219. The smallest absolute Gasteiger partial charge is 0.301 e. The molecule has 19 heavy (non-hydrogen) atoms. The number of aliphatic hydroxyl groups excluding tert-OH is 1. The Morgan fingerprint density at radius 1 is 1.47 bits per heavy atom. The van der Waals surface area contributed by atoms with Crippen molar-refractivity contribution in [1.29, 1.82) is 0 Å². The molecular formula is C12H18N2O4S. The summed E-state index contributed by atoms with van der Waals surface area (Å²) in [6.45, 7) is 0.803. The maximum absolute atomic E-state index is 12.2. The predicted octanol–water partition coefficient (Wildman–Crippen LogP) is 0.411. The van der Waals surface area contributed by atoms with Gasteiger partial charge in [-0.15, -0.1) is 0 Å². The third-order valence-electron chi connectivity index (χ3n) is 3.05. The number of rotatable bonds is 5. The highest BCUT2D eigenvalue weighted by molar-refractivity contribution is 7.90. The first-order valence-corrected chi connectivity index (χ1v) is 7.53. The van der Waals surface area contributed by atoms with Crippen LogP contribution in [0, 0.1) is 0 Å². The first-order chi connectivity index (χ1) is 9.06. The molecule has 0 aromatic heterocycles. The molecule has 1 aromatic rings. The fourth-order valence-corrected chi connectivity index (χ4v) is 3.38. The van der Waals surface area contributed by atoms with Crippen molar-refractivity contribution in [2.75, 3.05) is 31.1 Å². The third-order valence-corrected chi connectivity index (χ3v) is 4.58. The molecule has 2 N–H and O–H groups in total. The Kier molecular flexibility index (Phi) is 4.41. The molecule has 7 heteroatoms. The van der Waals surface area contributed by atoms with Crippen LogP contribution in [-0.2, 0) is 14.9 Å². The lowest BCUT2D eigenvalue weighted by molar-refractivity contribution is 0.166. The van der Waals surface area contributed by atoms with Gasteiger partial charge in [0, 0.05) is 25.8 Å². The van der Waals surface area contributed by atoms with E-state index in [1.807, 2.05) is 0 Å². The van der Waals surface area contributed by atoms with E-state index in [9.17, 15) is 13.5 Å². The Labute approximate surface area is 113 Å². The van der Waals surface area contributed by atoms with Gasteiger partial charge in [0.1, 0.15) is 0 Å². The molecule has 106 valence electrons. The summed E-state index contributed by atoms with van der Waals surface area (Å²) in [6, 6.07) is 7.00. The van der Waals surface area contributed by atoms with Crippen molar-refractivity contribution >= 4 is 15.9 Å². The monoisotopic (exact) mass is 286 g/mol. The van der Waals surface area contributed by atoms with E-state index in [0.717, 1.165) is 0 Å². The van der Waals surface area contributed by atoms with Crippen molar-refractivity contribution in [3.63, 3.8) is 0 Å². The molecule has 1 aliphatic heterocycles. The molecule has 1 unspecified atom stereocenters. The maximum Gasteiger partial charge on any atom is 0.301 e. The second kappa shape index (κ2) is 5.87. The van der Waals surface area contributed by atoms with Crippen LogP contribution in [0.3, 0.4) is 0 Å². The van der Waals surface area contributed by atoms with E-state index in [-0.39, 0.29) is 13.1 Å². The SMILES string of the molecule is COCCNS(=O)(=O)N1CCC(O)c2ccccc21. The fourth-order valence-electron chi connectivity index (χ4n) is 2.11. The van der Waals surface area contributed by atoms with Crippen molar-refractivity contribution in [3.8, 4) is 0 Å². The summed E-state index contributed by atoms with van der Waals surface area (Å²) in [5.41, 5.74) is 1.18. The fraction of sp³-hybridized carbons (Fsp3) is 0.500. The van der Waals surface area contributed by atoms with Crippen molar-refractivity contribution in [2.24, 2.45) is 0 Å². The summed E-state index contributed by atoms with van der Waals surface area (Å²) in [5.74, 6) is 0. The molecule has 0 saturated carbocycles. The summed E-state index contributed by atoms with van der Waals surface area (Å²) in [5, 5.41) is 9.90. The predicted molar refractivity (Wildman–Crippen MR) is 72.2 cm³/mol. The number of methoxy groups -OCH3 is 1. The van der Waals surface area contributed by atoms with Crippen LogP contribution in [0.25, 0.3) is 0 Å². The number of aliphatic hydroxyl groups is 1. The topological polar surface area (TPSA) is 78.9 Å². The number of ether oxygens (including phenoxy) is 1. The second-order valence-corrected chi connectivity index (χ2v) is 6.01. The highest BCUT2D eigenvalue weighted by atomic mass is 32.2. The molecule has 0 saturated heterocycles. The summed E-state index contributed by atoms with van der Waals surface area (Å²) >= 11 is 0. The number of nitrogens with one attached hydrogen (secondary N) is 1. The average molecular weight is 286 g/mol. The molecule has 1 heterocycles. The third kappa shape index (κ3) is 3.06. The van der Waals surface area contributed by atoms with E-state index in [1.54, 1.807) is 24.3 Å².